The van der Waals surface area contributed by atoms with Crippen molar-refractivity contribution in [1.82, 2.24) is 10.1 Å². The van der Waals surface area contributed by atoms with E-state index in [1.807, 2.05) is 55.5 Å². The fourth-order valence-electron chi connectivity index (χ4n) is 2.82. The highest BCUT2D eigenvalue weighted by molar-refractivity contribution is 6.04. The minimum Gasteiger partial charge on any atom is -0.339 e. The van der Waals surface area contributed by atoms with E-state index in [9.17, 15) is 4.79 Å². The third-order valence-electron chi connectivity index (χ3n) is 4.59. The Morgan fingerprint density at radius 3 is 2.68 bits per heavy atom. The van der Waals surface area contributed by atoms with Crippen LogP contribution in [0.3, 0.4) is 0 Å². The molecule has 1 aliphatic rings. The second-order valence-electron chi connectivity index (χ2n) is 6.49. The highest BCUT2D eigenvalue weighted by Crippen LogP contribution is 2.36. The van der Waals surface area contributed by atoms with Crippen LogP contribution in [0.25, 0.3) is 11.4 Å². The van der Waals surface area contributed by atoms with Crippen molar-refractivity contribution < 1.29 is 9.32 Å². The van der Waals surface area contributed by atoms with Crippen LogP contribution in [0.2, 0.25) is 0 Å². The maximum atomic E-state index is 12.4. The monoisotopic (exact) mass is 333 g/mol. The molecule has 0 radical (unpaired) electrons. The van der Waals surface area contributed by atoms with E-state index in [-0.39, 0.29) is 5.91 Å². The molecule has 1 aliphatic carbocycles. The largest absolute Gasteiger partial charge is 0.339 e. The zero-order chi connectivity index (χ0) is 17.2. The highest BCUT2D eigenvalue weighted by atomic mass is 16.5. The summed E-state index contributed by atoms with van der Waals surface area (Å²) in [6, 6.07) is 15.0. The molecule has 1 amide bonds. The topological polar surface area (TPSA) is 68.0 Å². The summed E-state index contributed by atoms with van der Waals surface area (Å²) >= 11 is 0. The summed E-state index contributed by atoms with van der Waals surface area (Å²) in [6.07, 6.45) is 3.46. The lowest BCUT2D eigenvalue weighted by molar-refractivity contribution is 0.102. The standard InChI is InChI=1S/C20H19N3O2/c1-13-8-10-14(11-9-13)19(24)21-17-7-3-6-16(12-17)18-22-20(25-23-18)15-4-2-5-15/h3,6-12,15H,2,4-5H2,1H3,(H,21,24). The van der Waals surface area contributed by atoms with E-state index in [0.717, 1.165) is 29.9 Å². The first-order valence-electron chi connectivity index (χ1n) is 8.51. The van der Waals surface area contributed by atoms with Crippen molar-refractivity contribution in [3.63, 3.8) is 0 Å². The van der Waals surface area contributed by atoms with Gasteiger partial charge in [0.15, 0.2) is 0 Å². The second kappa shape index (κ2) is 6.51. The van der Waals surface area contributed by atoms with Gasteiger partial charge in [-0.3, -0.25) is 4.79 Å². The van der Waals surface area contributed by atoms with Crippen molar-refractivity contribution in [3.8, 4) is 11.4 Å². The molecule has 5 heteroatoms. The van der Waals surface area contributed by atoms with E-state index in [0.29, 0.717) is 23.0 Å². The summed E-state index contributed by atoms with van der Waals surface area (Å²) in [4.78, 5) is 16.9. The number of hydrogen-bond acceptors (Lipinski definition) is 4. The van der Waals surface area contributed by atoms with Gasteiger partial charge in [-0.1, -0.05) is 41.4 Å². The molecule has 1 aromatic heterocycles. The van der Waals surface area contributed by atoms with Gasteiger partial charge in [0.2, 0.25) is 11.7 Å². The van der Waals surface area contributed by atoms with Crippen molar-refractivity contribution in [2.75, 3.05) is 5.32 Å². The first kappa shape index (κ1) is 15.6. The molecule has 4 rings (SSSR count). The van der Waals surface area contributed by atoms with Gasteiger partial charge in [0.1, 0.15) is 0 Å². The third kappa shape index (κ3) is 3.31. The molecule has 1 saturated carbocycles. The smallest absolute Gasteiger partial charge is 0.255 e. The minimum absolute atomic E-state index is 0.139. The summed E-state index contributed by atoms with van der Waals surface area (Å²) < 4.78 is 5.38. The van der Waals surface area contributed by atoms with Crippen molar-refractivity contribution in [2.24, 2.45) is 0 Å². The van der Waals surface area contributed by atoms with Gasteiger partial charge in [0.05, 0.1) is 0 Å². The van der Waals surface area contributed by atoms with E-state index in [2.05, 4.69) is 15.5 Å². The van der Waals surface area contributed by atoms with Gasteiger partial charge in [-0.05, 0) is 44.0 Å². The molecule has 126 valence electrons. The van der Waals surface area contributed by atoms with Crippen LogP contribution in [-0.4, -0.2) is 16.0 Å². The van der Waals surface area contributed by atoms with Crippen LogP contribution >= 0.6 is 0 Å². The Balaban J connectivity index is 1.51. The summed E-state index contributed by atoms with van der Waals surface area (Å²) in [5.41, 5.74) is 3.29. The van der Waals surface area contributed by atoms with E-state index in [1.165, 1.54) is 6.42 Å². The van der Waals surface area contributed by atoms with Crippen molar-refractivity contribution in [3.05, 3.63) is 65.5 Å². The quantitative estimate of drug-likeness (QED) is 0.759. The van der Waals surface area contributed by atoms with Crippen LogP contribution in [0, 0.1) is 6.92 Å². The van der Waals surface area contributed by atoms with Crippen LogP contribution in [-0.2, 0) is 0 Å². The normalized spacial score (nSPS) is 14.1. The van der Waals surface area contributed by atoms with Gasteiger partial charge in [0.25, 0.3) is 5.91 Å². The summed E-state index contributed by atoms with van der Waals surface area (Å²) in [5.74, 6) is 1.55. The fourth-order valence-corrected chi connectivity index (χ4v) is 2.82. The number of nitrogens with zero attached hydrogens (tertiary/aromatic N) is 2. The number of anilines is 1. The molecule has 25 heavy (non-hydrogen) atoms. The summed E-state index contributed by atoms with van der Waals surface area (Å²) in [6.45, 7) is 1.99. The molecule has 0 saturated heterocycles. The van der Waals surface area contributed by atoms with Gasteiger partial charge in [-0.2, -0.15) is 4.98 Å². The zero-order valence-electron chi connectivity index (χ0n) is 14.0. The van der Waals surface area contributed by atoms with E-state index < -0.39 is 0 Å². The van der Waals surface area contributed by atoms with Crippen LogP contribution in [0.5, 0.6) is 0 Å². The number of aryl methyl sites for hydroxylation is 1. The van der Waals surface area contributed by atoms with Crippen LogP contribution in [0.1, 0.15) is 47.0 Å². The van der Waals surface area contributed by atoms with Crippen molar-refractivity contribution in [1.29, 1.82) is 0 Å². The maximum Gasteiger partial charge on any atom is 0.255 e. The maximum absolute atomic E-state index is 12.4. The number of aromatic nitrogens is 2. The fraction of sp³-hybridized carbons (Fsp3) is 0.250. The summed E-state index contributed by atoms with van der Waals surface area (Å²) in [7, 11) is 0. The van der Waals surface area contributed by atoms with Gasteiger partial charge < -0.3 is 9.84 Å². The van der Waals surface area contributed by atoms with Gasteiger partial charge in [0, 0.05) is 22.7 Å². The van der Waals surface area contributed by atoms with Crippen molar-refractivity contribution in [2.45, 2.75) is 32.1 Å². The Bertz CT molecular complexity index is 895. The van der Waals surface area contributed by atoms with Crippen LogP contribution in [0.15, 0.2) is 53.1 Å². The Morgan fingerprint density at radius 1 is 1.16 bits per heavy atom. The molecule has 0 bridgehead atoms. The molecule has 3 aromatic rings. The van der Waals surface area contributed by atoms with Crippen LogP contribution in [0.4, 0.5) is 5.69 Å². The van der Waals surface area contributed by atoms with Gasteiger partial charge in [-0.15, -0.1) is 0 Å². The predicted molar refractivity (Wildman–Crippen MR) is 95.5 cm³/mol. The molecular formula is C20H19N3O2. The molecule has 0 spiro atoms. The highest BCUT2D eigenvalue weighted by Gasteiger charge is 2.25. The van der Waals surface area contributed by atoms with E-state index >= 15 is 0 Å². The van der Waals surface area contributed by atoms with E-state index in [4.69, 9.17) is 4.52 Å². The molecular weight excluding hydrogens is 314 g/mol. The van der Waals surface area contributed by atoms with Gasteiger partial charge in [-0.25, -0.2) is 0 Å². The predicted octanol–water partition coefficient (Wildman–Crippen LogP) is 4.56. The minimum atomic E-state index is -0.139. The second-order valence-corrected chi connectivity index (χ2v) is 6.49. The lowest BCUT2D eigenvalue weighted by atomic mass is 9.85. The number of hydrogen-bond donors (Lipinski definition) is 1. The Hall–Kier alpha value is -2.95. The first-order valence-corrected chi connectivity index (χ1v) is 8.51. The number of carbonyl (C=O) groups is 1. The lowest BCUT2D eigenvalue weighted by Crippen LogP contribution is -2.11. The number of benzene rings is 2. The number of carbonyl (C=O) groups excluding carboxylic acids is 1. The molecule has 1 fully saturated rings. The Kier molecular flexibility index (Phi) is 4.06. The van der Waals surface area contributed by atoms with Crippen molar-refractivity contribution >= 4 is 11.6 Å². The summed E-state index contributed by atoms with van der Waals surface area (Å²) in [5, 5.41) is 6.99. The first-order chi connectivity index (χ1) is 12.2. The average Bonchev–Trinajstić information content (AvgIpc) is 3.03. The lowest BCUT2D eigenvalue weighted by Gasteiger charge is -2.20. The molecule has 0 aliphatic heterocycles. The number of nitrogens with one attached hydrogen (secondary N) is 1. The molecule has 0 atom stereocenters. The number of amides is 1. The SMILES string of the molecule is Cc1ccc(C(=O)Nc2cccc(-c3noc(C4CCC4)n3)c2)cc1. The zero-order valence-corrected chi connectivity index (χ0v) is 14.0. The van der Waals surface area contributed by atoms with Gasteiger partial charge >= 0.3 is 0 Å². The van der Waals surface area contributed by atoms with Crippen LogP contribution < -0.4 is 5.32 Å². The molecule has 1 N–H and O–H groups in total. The molecule has 1 heterocycles. The molecule has 0 unspecified atom stereocenters. The Labute approximate surface area is 146 Å². The molecule has 2 aromatic carbocycles. The average molecular weight is 333 g/mol. The Morgan fingerprint density at radius 2 is 1.96 bits per heavy atom. The third-order valence-corrected chi connectivity index (χ3v) is 4.59. The number of rotatable bonds is 4. The van der Waals surface area contributed by atoms with E-state index in [1.54, 1.807) is 0 Å². The molecule has 5 nitrogen and oxygen atoms in total.